The van der Waals surface area contributed by atoms with Gasteiger partial charge in [0, 0.05) is 18.6 Å². The van der Waals surface area contributed by atoms with Crippen LogP contribution in [0.15, 0.2) is 48.5 Å². The maximum atomic E-state index is 13.0. The monoisotopic (exact) mass is 392 g/mol. The molecule has 0 fully saturated rings. The van der Waals surface area contributed by atoms with Crippen LogP contribution in [-0.4, -0.2) is 36.4 Å². The third-order valence-corrected chi connectivity index (χ3v) is 4.48. The highest BCUT2D eigenvalue weighted by molar-refractivity contribution is 6.31. The second-order valence-corrected chi connectivity index (χ2v) is 6.30. The fraction of sp³-hybridized carbons (Fsp3) is 0.300. The molecule has 27 heavy (non-hydrogen) atoms. The van der Waals surface area contributed by atoms with Crippen LogP contribution in [0.25, 0.3) is 0 Å². The standard InChI is InChI=1S/C20H22ClFN2O3/c1-3-18(20(26)23-2)24(12-14-6-4-5-7-17(14)21)19(25)13-27-16-10-8-15(22)9-11-16/h4-11,18H,3,12-13H2,1-2H3,(H,23,26)/t18-/m0/s1. The molecule has 0 saturated carbocycles. The number of benzene rings is 2. The minimum Gasteiger partial charge on any atom is -0.484 e. The van der Waals surface area contributed by atoms with Crippen LogP contribution in [0.1, 0.15) is 18.9 Å². The van der Waals surface area contributed by atoms with Crippen LogP contribution in [0.4, 0.5) is 4.39 Å². The van der Waals surface area contributed by atoms with E-state index in [4.69, 9.17) is 16.3 Å². The summed E-state index contributed by atoms with van der Waals surface area (Å²) in [6.45, 7) is 1.73. The highest BCUT2D eigenvalue weighted by Crippen LogP contribution is 2.20. The molecule has 0 heterocycles. The van der Waals surface area contributed by atoms with E-state index < -0.39 is 6.04 Å². The van der Waals surface area contributed by atoms with Crippen molar-refractivity contribution in [3.05, 3.63) is 64.9 Å². The van der Waals surface area contributed by atoms with Crippen molar-refractivity contribution >= 4 is 23.4 Å². The van der Waals surface area contributed by atoms with Gasteiger partial charge in [-0.25, -0.2) is 4.39 Å². The molecule has 0 saturated heterocycles. The zero-order chi connectivity index (χ0) is 19.8. The Morgan fingerprint density at radius 2 is 1.85 bits per heavy atom. The van der Waals surface area contributed by atoms with Crippen molar-refractivity contribution in [2.24, 2.45) is 0 Å². The molecule has 1 atom stereocenters. The number of carbonyl (C=O) groups is 2. The zero-order valence-corrected chi connectivity index (χ0v) is 16.0. The molecule has 2 aromatic rings. The number of likely N-dealkylation sites (N-methyl/N-ethyl adjacent to an activating group) is 1. The van der Waals surface area contributed by atoms with E-state index in [0.717, 1.165) is 5.56 Å². The molecule has 2 amide bonds. The largest absolute Gasteiger partial charge is 0.484 e. The summed E-state index contributed by atoms with van der Waals surface area (Å²) in [5, 5.41) is 3.10. The van der Waals surface area contributed by atoms with Crippen LogP contribution in [-0.2, 0) is 16.1 Å². The van der Waals surface area contributed by atoms with Crippen LogP contribution >= 0.6 is 11.6 Å². The molecule has 0 unspecified atom stereocenters. The van der Waals surface area contributed by atoms with Crippen molar-refractivity contribution in [2.75, 3.05) is 13.7 Å². The average molecular weight is 393 g/mol. The van der Waals surface area contributed by atoms with Gasteiger partial charge in [0.1, 0.15) is 17.6 Å². The molecular formula is C20H22ClFN2O3. The Kier molecular flexibility index (Phi) is 7.61. The van der Waals surface area contributed by atoms with Gasteiger partial charge in [-0.1, -0.05) is 36.7 Å². The molecule has 1 N–H and O–H groups in total. The summed E-state index contributed by atoms with van der Waals surface area (Å²) in [5.74, 6) is -0.649. The fourth-order valence-electron chi connectivity index (χ4n) is 2.66. The quantitative estimate of drug-likeness (QED) is 0.749. The van der Waals surface area contributed by atoms with Crippen LogP contribution < -0.4 is 10.1 Å². The van der Waals surface area contributed by atoms with E-state index in [1.807, 2.05) is 13.0 Å². The SMILES string of the molecule is CC[C@@H](C(=O)NC)N(Cc1ccccc1Cl)C(=O)COc1ccc(F)cc1. The molecule has 144 valence electrons. The van der Waals surface area contributed by atoms with Crippen LogP contribution in [0.5, 0.6) is 5.75 Å². The first kappa shape index (κ1) is 20.7. The predicted octanol–water partition coefficient (Wildman–Crippen LogP) is 3.41. The van der Waals surface area contributed by atoms with Crippen molar-refractivity contribution < 1.29 is 18.7 Å². The number of rotatable bonds is 8. The molecule has 0 aliphatic carbocycles. The van der Waals surface area contributed by atoms with E-state index in [1.54, 1.807) is 18.2 Å². The summed E-state index contributed by atoms with van der Waals surface area (Å²) in [4.78, 5) is 26.5. The van der Waals surface area contributed by atoms with Crippen LogP contribution in [0.3, 0.4) is 0 Å². The second kappa shape index (κ2) is 9.92. The molecule has 2 aromatic carbocycles. The smallest absolute Gasteiger partial charge is 0.261 e. The first-order chi connectivity index (χ1) is 13.0. The van der Waals surface area contributed by atoms with Crippen molar-refractivity contribution in [1.29, 1.82) is 0 Å². The van der Waals surface area contributed by atoms with Gasteiger partial charge in [0.05, 0.1) is 0 Å². The molecular weight excluding hydrogens is 371 g/mol. The van der Waals surface area contributed by atoms with Gasteiger partial charge in [0.2, 0.25) is 5.91 Å². The maximum absolute atomic E-state index is 13.0. The van der Waals surface area contributed by atoms with E-state index in [9.17, 15) is 14.0 Å². The topological polar surface area (TPSA) is 58.6 Å². The van der Waals surface area contributed by atoms with Crippen molar-refractivity contribution in [1.82, 2.24) is 10.2 Å². The number of nitrogens with one attached hydrogen (secondary N) is 1. The number of ether oxygens (including phenoxy) is 1. The number of amides is 2. The Morgan fingerprint density at radius 3 is 2.44 bits per heavy atom. The molecule has 0 spiro atoms. The van der Waals surface area contributed by atoms with E-state index in [-0.39, 0.29) is 30.8 Å². The van der Waals surface area contributed by atoms with E-state index >= 15 is 0 Å². The summed E-state index contributed by atoms with van der Waals surface area (Å²) in [6.07, 6.45) is 0.437. The van der Waals surface area contributed by atoms with Crippen molar-refractivity contribution in [3.8, 4) is 5.75 Å². The lowest BCUT2D eigenvalue weighted by atomic mass is 10.1. The van der Waals surface area contributed by atoms with Gasteiger partial charge in [-0.2, -0.15) is 0 Å². The van der Waals surface area contributed by atoms with Crippen LogP contribution in [0.2, 0.25) is 5.02 Å². The van der Waals surface area contributed by atoms with Gasteiger partial charge >= 0.3 is 0 Å². The number of carbonyl (C=O) groups excluding carboxylic acids is 2. The maximum Gasteiger partial charge on any atom is 0.261 e. The summed E-state index contributed by atoms with van der Waals surface area (Å²) in [7, 11) is 1.53. The highest BCUT2D eigenvalue weighted by atomic mass is 35.5. The molecule has 0 aromatic heterocycles. The molecule has 0 aliphatic heterocycles. The third-order valence-electron chi connectivity index (χ3n) is 4.11. The van der Waals surface area contributed by atoms with E-state index in [0.29, 0.717) is 17.2 Å². The van der Waals surface area contributed by atoms with Gasteiger partial charge < -0.3 is 15.0 Å². The molecule has 2 rings (SSSR count). The summed E-state index contributed by atoms with van der Waals surface area (Å²) < 4.78 is 18.4. The lowest BCUT2D eigenvalue weighted by Gasteiger charge is -2.30. The summed E-state index contributed by atoms with van der Waals surface area (Å²) in [6, 6.07) is 11.9. The highest BCUT2D eigenvalue weighted by Gasteiger charge is 2.28. The Bertz CT molecular complexity index is 783. The number of halogens is 2. The first-order valence-corrected chi connectivity index (χ1v) is 8.96. The van der Waals surface area contributed by atoms with Gasteiger partial charge in [-0.15, -0.1) is 0 Å². The Balaban J connectivity index is 2.19. The number of hydrogen-bond donors (Lipinski definition) is 1. The zero-order valence-electron chi connectivity index (χ0n) is 15.2. The van der Waals surface area contributed by atoms with Gasteiger partial charge in [-0.05, 0) is 42.3 Å². The normalized spacial score (nSPS) is 11.6. The average Bonchev–Trinajstić information content (AvgIpc) is 2.68. The van der Waals surface area contributed by atoms with Gasteiger partial charge in [0.15, 0.2) is 6.61 Å². The third kappa shape index (κ3) is 5.69. The first-order valence-electron chi connectivity index (χ1n) is 8.59. The van der Waals surface area contributed by atoms with E-state index in [1.165, 1.54) is 36.2 Å². The van der Waals surface area contributed by atoms with Gasteiger partial charge in [-0.3, -0.25) is 9.59 Å². The molecule has 0 radical (unpaired) electrons. The van der Waals surface area contributed by atoms with Gasteiger partial charge in [0.25, 0.3) is 5.91 Å². The summed E-state index contributed by atoms with van der Waals surface area (Å²) >= 11 is 6.22. The van der Waals surface area contributed by atoms with E-state index in [2.05, 4.69) is 5.32 Å². The Labute approximate surface area is 163 Å². The van der Waals surface area contributed by atoms with Crippen molar-refractivity contribution in [3.63, 3.8) is 0 Å². The molecule has 0 aliphatic rings. The summed E-state index contributed by atoms with van der Waals surface area (Å²) in [5.41, 5.74) is 0.733. The Morgan fingerprint density at radius 1 is 1.19 bits per heavy atom. The number of nitrogens with zero attached hydrogens (tertiary/aromatic N) is 1. The molecule has 5 nitrogen and oxygen atoms in total. The lowest BCUT2D eigenvalue weighted by molar-refractivity contribution is -0.142. The minimum atomic E-state index is -0.657. The lowest BCUT2D eigenvalue weighted by Crippen LogP contribution is -2.49. The molecule has 7 heteroatoms. The Hall–Kier alpha value is -2.60. The minimum absolute atomic E-state index is 0.178. The number of hydrogen-bond acceptors (Lipinski definition) is 3. The predicted molar refractivity (Wildman–Crippen MR) is 102 cm³/mol. The fourth-order valence-corrected chi connectivity index (χ4v) is 2.85. The molecule has 0 bridgehead atoms. The van der Waals surface area contributed by atoms with Crippen molar-refractivity contribution in [2.45, 2.75) is 25.9 Å². The van der Waals surface area contributed by atoms with Crippen LogP contribution in [0, 0.1) is 5.82 Å². The second-order valence-electron chi connectivity index (χ2n) is 5.89.